The van der Waals surface area contributed by atoms with E-state index in [1.54, 1.807) is 0 Å². The molecule has 0 atom stereocenters. The Morgan fingerprint density at radius 2 is 1.43 bits per heavy atom. The molecule has 1 rings (SSSR count). The average molecular weight is 107 g/mol. The molecule has 0 heterocycles. The fourth-order valence-electron chi connectivity index (χ4n) is 0.898. The Morgan fingerprint density at radius 1 is 0.857 bits per heavy atom. The van der Waals surface area contributed by atoms with Gasteiger partial charge in [0.05, 0.1) is 0 Å². The SMILES string of the molecule is [CH]1CCCCC1.[NaH]. The summed E-state index contributed by atoms with van der Waals surface area (Å²) >= 11 is 0. The summed E-state index contributed by atoms with van der Waals surface area (Å²) in [6.07, 6.45) is 9.50. The summed E-state index contributed by atoms with van der Waals surface area (Å²) in [6, 6.07) is 0. The molecule has 0 aliphatic heterocycles. The van der Waals surface area contributed by atoms with Crippen molar-refractivity contribution >= 4 is 29.6 Å². The number of rotatable bonds is 0. The first kappa shape index (κ1) is 8.00. The van der Waals surface area contributed by atoms with Gasteiger partial charge in [-0.3, -0.25) is 0 Å². The minimum absolute atomic E-state index is 0. The second-order valence-corrected chi connectivity index (χ2v) is 1.93. The van der Waals surface area contributed by atoms with Crippen LogP contribution in [0.15, 0.2) is 0 Å². The van der Waals surface area contributed by atoms with Gasteiger partial charge in [0.2, 0.25) is 0 Å². The van der Waals surface area contributed by atoms with Crippen molar-refractivity contribution in [3.8, 4) is 0 Å². The Morgan fingerprint density at radius 3 is 1.57 bits per heavy atom. The molecule has 0 N–H and O–H groups in total. The fraction of sp³-hybridized carbons (Fsp3) is 0.833. The molecule has 7 heavy (non-hydrogen) atoms. The van der Waals surface area contributed by atoms with Gasteiger partial charge in [-0.25, -0.2) is 0 Å². The maximum atomic E-state index is 2.39. The summed E-state index contributed by atoms with van der Waals surface area (Å²) in [6.45, 7) is 0. The maximum absolute atomic E-state index is 2.39. The Balaban J connectivity index is 0.000000360. The molecule has 1 fully saturated rings. The van der Waals surface area contributed by atoms with Crippen LogP contribution >= 0.6 is 0 Å². The molecular formula is C6H12Na. The molecule has 0 bridgehead atoms. The minimum atomic E-state index is 0. The van der Waals surface area contributed by atoms with Crippen molar-refractivity contribution in [2.75, 3.05) is 0 Å². The van der Waals surface area contributed by atoms with Crippen molar-refractivity contribution in [3.05, 3.63) is 6.42 Å². The monoisotopic (exact) mass is 107 g/mol. The molecular weight excluding hydrogens is 95.1 g/mol. The topological polar surface area (TPSA) is 0 Å². The van der Waals surface area contributed by atoms with E-state index < -0.39 is 0 Å². The molecule has 1 aliphatic rings. The molecule has 0 amide bonds. The van der Waals surface area contributed by atoms with Crippen LogP contribution in [0.3, 0.4) is 0 Å². The third-order valence-corrected chi connectivity index (χ3v) is 1.32. The standard InChI is InChI=1S/C6H11.Na.H/c1-2-4-6-5-3-1;;/h1H,2-6H2;;. The van der Waals surface area contributed by atoms with Gasteiger partial charge in [-0.05, 0) is 6.42 Å². The van der Waals surface area contributed by atoms with Crippen molar-refractivity contribution in [2.45, 2.75) is 32.1 Å². The summed E-state index contributed by atoms with van der Waals surface area (Å²) in [5.74, 6) is 0. The van der Waals surface area contributed by atoms with Gasteiger partial charge in [0.1, 0.15) is 0 Å². The van der Waals surface area contributed by atoms with Gasteiger partial charge in [-0.1, -0.05) is 32.1 Å². The second kappa shape index (κ2) is 5.14. The predicted octanol–water partition coefficient (Wildman–Crippen LogP) is 1.51. The zero-order valence-electron chi connectivity index (χ0n) is 4.11. The Labute approximate surface area is 68.0 Å². The van der Waals surface area contributed by atoms with Crippen LogP contribution in [0.1, 0.15) is 32.1 Å². The zero-order valence-corrected chi connectivity index (χ0v) is 4.11. The summed E-state index contributed by atoms with van der Waals surface area (Å²) in [4.78, 5) is 0. The molecule has 1 aliphatic carbocycles. The van der Waals surface area contributed by atoms with Crippen LogP contribution in [0.4, 0.5) is 0 Å². The van der Waals surface area contributed by atoms with Crippen LogP contribution in [0, 0.1) is 6.42 Å². The number of hydrogen-bond donors (Lipinski definition) is 0. The zero-order chi connectivity index (χ0) is 4.24. The molecule has 37 valence electrons. The van der Waals surface area contributed by atoms with E-state index in [2.05, 4.69) is 6.42 Å². The first-order valence-corrected chi connectivity index (χ1v) is 2.82. The van der Waals surface area contributed by atoms with E-state index in [1.165, 1.54) is 32.1 Å². The Kier molecular flexibility index (Phi) is 5.88. The van der Waals surface area contributed by atoms with Gasteiger partial charge < -0.3 is 0 Å². The molecule has 0 saturated heterocycles. The van der Waals surface area contributed by atoms with Gasteiger partial charge in [0.25, 0.3) is 0 Å². The van der Waals surface area contributed by atoms with Gasteiger partial charge in [0, 0.05) is 0 Å². The van der Waals surface area contributed by atoms with Gasteiger partial charge in [-0.2, -0.15) is 0 Å². The molecule has 0 nitrogen and oxygen atoms in total. The third-order valence-electron chi connectivity index (χ3n) is 1.32. The average Bonchev–Trinajstić information content (AvgIpc) is 1.72. The summed E-state index contributed by atoms with van der Waals surface area (Å²) in [5, 5.41) is 0. The van der Waals surface area contributed by atoms with Crippen LogP contribution in [0.2, 0.25) is 0 Å². The van der Waals surface area contributed by atoms with Crippen LogP contribution < -0.4 is 0 Å². The van der Waals surface area contributed by atoms with Crippen LogP contribution in [0.25, 0.3) is 0 Å². The summed E-state index contributed by atoms with van der Waals surface area (Å²) in [7, 11) is 0. The first-order valence-electron chi connectivity index (χ1n) is 2.82. The van der Waals surface area contributed by atoms with Gasteiger partial charge >= 0.3 is 29.6 Å². The molecule has 0 aromatic heterocycles. The third kappa shape index (κ3) is 3.57. The van der Waals surface area contributed by atoms with E-state index in [0.29, 0.717) is 0 Å². The Hall–Kier alpha value is 1.00. The van der Waals surface area contributed by atoms with E-state index in [0.717, 1.165) is 0 Å². The second-order valence-electron chi connectivity index (χ2n) is 1.93. The summed E-state index contributed by atoms with van der Waals surface area (Å²) in [5.41, 5.74) is 0. The molecule has 1 heteroatoms. The fourth-order valence-corrected chi connectivity index (χ4v) is 0.898. The van der Waals surface area contributed by atoms with E-state index >= 15 is 0 Å². The molecule has 0 aromatic carbocycles. The van der Waals surface area contributed by atoms with E-state index in [-0.39, 0.29) is 29.6 Å². The van der Waals surface area contributed by atoms with Crippen molar-refractivity contribution in [2.24, 2.45) is 0 Å². The quantitative estimate of drug-likeness (QED) is 0.411. The van der Waals surface area contributed by atoms with Crippen LogP contribution in [0.5, 0.6) is 0 Å². The molecule has 1 saturated carbocycles. The van der Waals surface area contributed by atoms with Gasteiger partial charge in [-0.15, -0.1) is 0 Å². The molecule has 1 radical (unpaired) electrons. The van der Waals surface area contributed by atoms with Crippen LogP contribution in [-0.4, -0.2) is 29.6 Å². The molecule has 0 spiro atoms. The molecule has 0 aromatic rings. The number of hydrogen-bond acceptors (Lipinski definition) is 0. The first-order chi connectivity index (χ1) is 3.00. The van der Waals surface area contributed by atoms with Crippen molar-refractivity contribution in [1.29, 1.82) is 0 Å². The predicted molar refractivity (Wildman–Crippen MR) is 34.5 cm³/mol. The van der Waals surface area contributed by atoms with E-state index in [9.17, 15) is 0 Å². The van der Waals surface area contributed by atoms with Crippen molar-refractivity contribution in [3.63, 3.8) is 0 Å². The summed E-state index contributed by atoms with van der Waals surface area (Å²) < 4.78 is 0. The van der Waals surface area contributed by atoms with E-state index in [4.69, 9.17) is 0 Å². The van der Waals surface area contributed by atoms with Crippen molar-refractivity contribution < 1.29 is 0 Å². The normalized spacial score (nSPS) is 20.6. The molecule has 0 unspecified atom stereocenters. The Bertz CT molecular complexity index is 19.7. The van der Waals surface area contributed by atoms with E-state index in [1.807, 2.05) is 0 Å². The van der Waals surface area contributed by atoms with Gasteiger partial charge in [0.15, 0.2) is 0 Å². The van der Waals surface area contributed by atoms with Crippen LogP contribution in [-0.2, 0) is 0 Å². The van der Waals surface area contributed by atoms with Crippen molar-refractivity contribution in [1.82, 2.24) is 0 Å².